The molecule has 18 heavy (non-hydrogen) atoms. The molecule has 1 aromatic heterocycles. The van der Waals surface area contributed by atoms with E-state index in [0.29, 0.717) is 12.2 Å². The predicted molar refractivity (Wildman–Crippen MR) is 72.6 cm³/mol. The van der Waals surface area contributed by atoms with E-state index in [0.717, 1.165) is 30.7 Å². The molecule has 0 fully saturated rings. The summed E-state index contributed by atoms with van der Waals surface area (Å²) in [4.78, 5) is 15.9. The van der Waals surface area contributed by atoms with E-state index in [1.165, 1.54) is 11.3 Å². The number of aromatic nitrogens is 1. The third kappa shape index (κ3) is 5.12. The second kappa shape index (κ2) is 8.18. The number of hydrogen-bond acceptors (Lipinski definition) is 5. The number of nitrogens with one attached hydrogen (secondary N) is 1. The van der Waals surface area contributed by atoms with E-state index in [4.69, 9.17) is 10.8 Å². The molecule has 0 aliphatic heterocycles. The van der Waals surface area contributed by atoms with Gasteiger partial charge in [-0.05, 0) is 19.8 Å². The van der Waals surface area contributed by atoms with Gasteiger partial charge in [0, 0.05) is 18.5 Å². The van der Waals surface area contributed by atoms with Crippen LogP contribution in [-0.4, -0.2) is 29.1 Å². The monoisotopic (exact) mass is 271 g/mol. The van der Waals surface area contributed by atoms with Crippen molar-refractivity contribution in [2.45, 2.75) is 38.6 Å². The van der Waals surface area contributed by atoms with Crippen LogP contribution in [0.4, 0.5) is 0 Å². The van der Waals surface area contributed by atoms with Crippen LogP contribution in [0, 0.1) is 0 Å². The minimum Gasteiger partial charge on any atom is -0.396 e. The molecular formula is C12H21N3O2S. The summed E-state index contributed by atoms with van der Waals surface area (Å²) in [6.07, 6.45) is 3.77. The number of nitrogens with zero attached hydrogens (tertiary/aromatic N) is 1. The molecule has 1 rings (SSSR count). The maximum absolute atomic E-state index is 11.7. The number of rotatable bonds is 8. The first kappa shape index (κ1) is 15.1. The number of carbonyl (C=O) groups is 1. The van der Waals surface area contributed by atoms with Crippen molar-refractivity contribution in [1.82, 2.24) is 10.3 Å². The summed E-state index contributed by atoms with van der Waals surface area (Å²) in [7, 11) is 0. The zero-order chi connectivity index (χ0) is 13.4. The summed E-state index contributed by atoms with van der Waals surface area (Å²) in [6, 6.07) is -0.130. The van der Waals surface area contributed by atoms with Gasteiger partial charge in [0.2, 0.25) is 0 Å². The molecule has 0 saturated carbocycles. The second-order valence-electron chi connectivity index (χ2n) is 4.25. The normalized spacial score (nSPS) is 12.4. The van der Waals surface area contributed by atoms with E-state index in [9.17, 15) is 4.79 Å². The molecule has 1 amide bonds. The molecule has 102 valence electrons. The quantitative estimate of drug-likeness (QED) is 0.624. The number of hydrogen-bond donors (Lipinski definition) is 3. The van der Waals surface area contributed by atoms with Crippen molar-refractivity contribution in [3.63, 3.8) is 0 Å². The Bertz CT molecular complexity index is 366. The van der Waals surface area contributed by atoms with Gasteiger partial charge in [-0.15, -0.1) is 11.3 Å². The van der Waals surface area contributed by atoms with Crippen LogP contribution in [-0.2, 0) is 0 Å². The molecule has 1 heterocycles. The minimum atomic E-state index is -0.139. The van der Waals surface area contributed by atoms with Gasteiger partial charge < -0.3 is 16.2 Å². The van der Waals surface area contributed by atoms with Gasteiger partial charge in [-0.3, -0.25) is 4.79 Å². The highest BCUT2D eigenvalue weighted by Crippen LogP contribution is 2.15. The number of unbranched alkanes of at least 4 members (excludes halogenated alkanes) is 3. The Balaban J connectivity index is 2.23. The molecule has 6 heteroatoms. The lowest BCUT2D eigenvalue weighted by molar-refractivity contribution is 0.0948. The Kier molecular flexibility index (Phi) is 6.85. The molecule has 4 N–H and O–H groups in total. The van der Waals surface area contributed by atoms with Crippen molar-refractivity contribution in [3.05, 3.63) is 16.1 Å². The van der Waals surface area contributed by atoms with Gasteiger partial charge in [0.25, 0.3) is 5.91 Å². The molecule has 0 aliphatic rings. The Morgan fingerprint density at radius 2 is 2.22 bits per heavy atom. The summed E-state index contributed by atoms with van der Waals surface area (Å²) in [5.41, 5.74) is 6.14. The maximum Gasteiger partial charge on any atom is 0.270 e. The van der Waals surface area contributed by atoms with E-state index >= 15 is 0 Å². The molecular weight excluding hydrogens is 250 g/mol. The van der Waals surface area contributed by atoms with Gasteiger partial charge in [-0.1, -0.05) is 12.8 Å². The van der Waals surface area contributed by atoms with Crippen LogP contribution in [0.1, 0.15) is 54.1 Å². The van der Waals surface area contributed by atoms with Crippen molar-refractivity contribution in [3.8, 4) is 0 Å². The summed E-state index contributed by atoms with van der Waals surface area (Å²) >= 11 is 1.41. The number of thiazole rings is 1. The molecule has 0 aliphatic carbocycles. The standard InChI is InChI=1S/C12H21N3O2S/c1-9(13)12-15-10(8-18-12)11(17)14-6-4-2-3-5-7-16/h8-9,16H,2-7,13H2,1H3,(H,14,17). The molecule has 0 radical (unpaired) electrons. The van der Waals surface area contributed by atoms with Crippen LogP contribution in [0.25, 0.3) is 0 Å². The van der Waals surface area contributed by atoms with Gasteiger partial charge in [-0.25, -0.2) is 4.98 Å². The minimum absolute atomic E-state index is 0.130. The fourth-order valence-corrected chi connectivity index (χ4v) is 2.24. The zero-order valence-electron chi connectivity index (χ0n) is 10.7. The second-order valence-corrected chi connectivity index (χ2v) is 5.14. The molecule has 5 nitrogen and oxygen atoms in total. The SMILES string of the molecule is CC(N)c1nc(C(=O)NCCCCCCO)cs1. The Morgan fingerprint density at radius 3 is 2.83 bits per heavy atom. The average molecular weight is 271 g/mol. The lowest BCUT2D eigenvalue weighted by atomic mass is 10.2. The van der Waals surface area contributed by atoms with E-state index < -0.39 is 0 Å². The smallest absolute Gasteiger partial charge is 0.270 e. The average Bonchev–Trinajstić information content (AvgIpc) is 2.83. The molecule has 0 bridgehead atoms. The number of aliphatic hydroxyl groups excluding tert-OH is 1. The number of carbonyl (C=O) groups excluding carboxylic acids is 1. The van der Waals surface area contributed by atoms with Crippen molar-refractivity contribution < 1.29 is 9.90 Å². The third-order valence-corrected chi connectivity index (χ3v) is 3.56. The molecule has 0 aromatic carbocycles. The van der Waals surface area contributed by atoms with Crippen LogP contribution >= 0.6 is 11.3 Å². The summed E-state index contributed by atoms with van der Waals surface area (Å²) < 4.78 is 0. The fraction of sp³-hybridized carbons (Fsp3) is 0.667. The first-order chi connectivity index (χ1) is 8.65. The summed E-state index contributed by atoms with van der Waals surface area (Å²) in [5.74, 6) is -0.139. The molecule has 1 aromatic rings. The van der Waals surface area contributed by atoms with Crippen molar-refractivity contribution >= 4 is 17.2 Å². The Hall–Kier alpha value is -0.980. The van der Waals surface area contributed by atoms with Crippen molar-refractivity contribution in [2.75, 3.05) is 13.2 Å². The van der Waals surface area contributed by atoms with E-state index in [1.807, 2.05) is 6.92 Å². The van der Waals surface area contributed by atoms with Crippen molar-refractivity contribution in [2.24, 2.45) is 5.73 Å². The van der Waals surface area contributed by atoms with E-state index in [2.05, 4.69) is 10.3 Å². The van der Waals surface area contributed by atoms with Crippen LogP contribution < -0.4 is 11.1 Å². The van der Waals surface area contributed by atoms with Gasteiger partial charge in [0.05, 0.1) is 6.04 Å². The van der Waals surface area contributed by atoms with Crippen LogP contribution in [0.2, 0.25) is 0 Å². The van der Waals surface area contributed by atoms with E-state index in [1.54, 1.807) is 5.38 Å². The topological polar surface area (TPSA) is 88.2 Å². The first-order valence-corrected chi connectivity index (χ1v) is 7.13. The molecule has 1 atom stereocenters. The van der Waals surface area contributed by atoms with Crippen LogP contribution in [0.15, 0.2) is 5.38 Å². The highest BCUT2D eigenvalue weighted by molar-refractivity contribution is 7.09. The highest BCUT2D eigenvalue weighted by Gasteiger charge is 2.11. The van der Waals surface area contributed by atoms with Crippen LogP contribution in [0.5, 0.6) is 0 Å². The number of amides is 1. The maximum atomic E-state index is 11.7. The lowest BCUT2D eigenvalue weighted by Gasteiger charge is -2.03. The van der Waals surface area contributed by atoms with Crippen LogP contribution in [0.3, 0.4) is 0 Å². The number of nitrogens with two attached hydrogens (primary N) is 1. The van der Waals surface area contributed by atoms with Gasteiger partial charge in [0.15, 0.2) is 0 Å². The van der Waals surface area contributed by atoms with E-state index in [-0.39, 0.29) is 18.6 Å². The third-order valence-electron chi connectivity index (χ3n) is 2.51. The summed E-state index contributed by atoms with van der Waals surface area (Å²) in [5, 5.41) is 14.0. The molecule has 0 spiro atoms. The van der Waals surface area contributed by atoms with Gasteiger partial charge in [-0.2, -0.15) is 0 Å². The zero-order valence-corrected chi connectivity index (χ0v) is 11.5. The first-order valence-electron chi connectivity index (χ1n) is 6.25. The fourth-order valence-electron chi connectivity index (χ4n) is 1.48. The Labute approximate surface area is 111 Å². The van der Waals surface area contributed by atoms with Crippen molar-refractivity contribution in [1.29, 1.82) is 0 Å². The molecule has 1 unspecified atom stereocenters. The lowest BCUT2D eigenvalue weighted by Crippen LogP contribution is -2.24. The van der Waals surface area contributed by atoms with Gasteiger partial charge in [0.1, 0.15) is 10.7 Å². The number of aliphatic hydroxyl groups is 1. The summed E-state index contributed by atoms with van der Waals surface area (Å²) in [6.45, 7) is 2.74. The highest BCUT2D eigenvalue weighted by atomic mass is 32.1. The molecule has 0 saturated heterocycles. The predicted octanol–water partition coefficient (Wildman–Crippen LogP) is 1.45. The van der Waals surface area contributed by atoms with Gasteiger partial charge >= 0.3 is 0 Å². The Morgan fingerprint density at radius 1 is 1.50 bits per heavy atom. The largest absolute Gasteiger partial charge is 0.396 e.